The molecule has 0 spiro atoms. The number of rotatable bonds is 6. The number of carbonyl (C=O) groups excluding carboxylic acids is 1. The number of para-hydroxylation sites is 1. The summed E-state index contributed by atoms with van der Waals surface area (Å²) in [7, 11) is 0. The van der Waals surface area contributed by atoms with Crippen LogP contribution in [0.2, 0.25) is 0 Å². The van der Waals surface area contributed by atoms with Crippen LogP contribution in [0.3, 0.4) is 0 Å². The van der Waals surface area contributed by atoms with Crippen molar-refractivity contribution in [2.75, 3.05) is 6.54 Å². The molecule has 0 radical (unpaired) electrons. The molecule has 2 rings (SSSR count). The Balaban J connectivity index is 1.91. The molecule has 19 heavy (non-hydrogen) atoms. The molecule has 0 saturated carbocycles. The number of H-pyrrole nitrogens is 1. The van der Waals surface area contributed by atoms with Crippen molar-refractivity contribution >= 4 is 16.8 Å². The van der Waals surface area contributed by atoms with Gasteiger partial charge >= 0.3 is 0 Å². The summed E-state index contributed by atoms with van der Waals surface area (Å²) in [5.74, 6) is 0.341. The van der Waals surface area contributed by atoms with Crippen molar-refractivity contribution in [2.45, 2.75) is 33.1 Å². The standard InChI is InChI=1S/C16H22N2O/c1-3-12(4-2)16(19)17-10-9-13-11-18-15-8-6-5-7-14(13)15/h5-8,11-12,18H,3-4,9-10H2,1-2H3,(H,17,19). The second-order valence-corrected chi connectivity index (χ2v) is 4.91. The largest absolute Gasteiger partial charge is 0.361 e. The molecule has 0 atom stereocenters. The maximum absolute atomic E-state index is 11.9. The second-order valence-electron chi connectivity index (χ2n) is 4.91. The first-order chi connectivity index (χ1) is 9.26. The summed E-state index contributed by atoms with van der Waals surface area (Å²) in [4.78, 5) is 15.1. The van der Waals surface area contributed by atoms with Gasteiger partial charge in [0.25, 0.3) is 0 Å². The zero-order valence-electron chi connectivity index (χ0n) is 11.7. The number of amides is 1. The molecule has 2 aromatic rings. The number of aromatic nitrogens is 1. The van der Waals surface area contributed by atoms with Crippen LogP contribution in [-0.2, 0) is 11.2 Å². The Labute approximate surface area is 114 Å². The molecular weight excluding hydrogens is 236 g/mol. The lowest BCUT2D eigenvalue weighted by Crippen LogP contribution is -2.31. The Kier molecular flexibility index (Phi) is 4.61. The van der Waals surface area contributed by atoms with E-state index in [2.05, 4.69) is 36.3 Å². The lowest BCUT2D eigenvalue weighted by atomic mass is 10.0. The molecule has 1 heterocycles. The summed E-state index contributed by atoms with van der Waals surface area (Å²) in [6.45, 7) is 4.83. The van der Waals surface area contributed by atoms with Gasteiger partial charge in [-0.3, -0.25) is 4.79 Å². The molecule has 0 unspecified atom stereocenters. The first-order valence-electron chi connectivity index (χ1n) is 7.09. The fourth-order valence-electron chi connectivity index (χ4n) is 2.46. The molecule has 1 aromatic carbocycles. The quantitative estimate of drug-likeness (QED) is 0.820. The van der Waals surface area contributed by atoms with Crippen LogP contribution in [0.15, 0.2) is 30.5 Å². The molecule has 0 bridgehead atoms. The van der Waals surface area contributed by atoms with Crippen molar-refractivity contribution in [3.8, 4) is 0 Å². The maximum atomic E-state index is 11.9. The molecule has 102 valence electrons. The van der Waals surface area contributed by atoms with E-state index in [1.807, 2.05) is 18.3 Å². The van der Waals surface area contributed by atoms with E-state index >= 15 is 0 Å². The molecule has 0 aliphatic heterocycles. The summed E-state index contributed by atoms with van der Waals surface area (Å²) in [5.41, 5.74) is 2.42. The summed E-state index contributed by atoms with van der Waals surface area (Å²) >= 11 is 0. The lowest BCUT2D eigenvalue weighted by molar-refractivity contribution is -0.125. The topological polar surface area (TPSA) is 44.9 Å². The van der Waals surface area contributed by atoms with E-state index in [1.165, 1.54) is 10.9 Å². The van der Waals surface area contributed by atoms with E-state index in [-0.39, 0.29) is 11.8 Å². The molecule has 3 nitrogen and oxygen atoms in total. The number of benzene rings is 1. The van der Waals surface area contributed by atoms with Crippen molar-refractivity contribution in [3.63, 3.8) is 0 Å². The molecule has 0 aliphatic carbocycles. The van der Waals surface area contributed by atoms with Gasteiger partial charge in [-0.25, -0.2) is 0 Å². The Morgan fingerprint density at radius 2 is 2.00 bits per heavy atom. The van der Waals surface area contributed by atoms with Crippen LogP contribution in [0.25, 0.3) is 10.9 Å². The Morgan fingerprint density at radius 3 is 2.74 bits per heavy atom. The third-order valence-corrected chi connectivity index (χ3v) is 3.72. The Bertz CT molecular complexity index is 540. The maximum Gasteiger partial charge on any atom is 0.223 e. The van der Waals surface area contributed by atoms with E-state index < -0.39 is 0 Å². The van der Waals surface area contributed by atoms with Gasteiger partial charge in [-0.1, -0.05) is 32.0 Å². The van der Waals surface area contributed by atoms with Crippen molar-refractivity contribution in [1.29, 1.82) is 0 Å². The van der Waals surface area contributed by atoms with Gasteiger partial charge in [0, 0.05) is 29.6 Å². The van der Waals surface area contributed by atoms with Crippen LogP contribution < -0.4 is 5.32 Å². The van der Waals surface area contributed by atoms with Gasteiger partial charge in [0.1, 0.15) is 0 Å². The van der Waals surface area contributed by atoms with Gasteiger partial charge in [0.05, 0.1) is 0 Å². The highest BCUT2D eigenvalue weighted by molar-refractivity contribution is 5.83. The van der Waals surface area contributed by atoms with Gasteiger partial charge < -0.3 is 10.3 Å². The van der Waals surface area contributed by atoms with E-state index in [0.29, 0.717) is 6.54 Å². The first kappa shape index (κ1) is 13.7. The van der Waals surface area contributed by atoms with E-state index in [9.17, 15) is 4.79 Å². The molecule has 0 fully saturated rings. The fourth-order valence-corrected chi connectivity index (χ4v) is 2.46. The number of aromatic amines is 1. The van der Waals surface area contributed by atoms with Crippen molar-refractivity contribution in [2.24, 2.45) is 5.92 Å². The lowest BCUT2D eigenvalue weighted by Gasteiger charge is -2.12. The third kappa shape index (κ3) is 3.16. The van der Waals surface area contributed by atoms with Gasteiger partial charge in [-0.15, -0.1) is 0 Å². The summed E-state index contributed by atoms with van der Waals surface area (Å²) < 4.78 is 0. The predicted molar refractivity (Wildman–Crippen MR) is 79.1 cm³/mol. The molecule has 0 saturated heterocycles. The molecule has 3 heteroatoms. The average molecular weight is 258 g/mol. The second kappa shape index (κ2) is 6.41. The van der Waals surface area contributed by atoms with Gasteiger partial charge in [-0.2, -0.15) is 0 Å². The van der Waals surface area contributed by atoms with Crippen LogP contribution in [0.5, 0.6) is 0 Å². The molecule has 1 amide bonds. The smallest absolute Gasteiger partial charge is 0.223 e. The zero-order chi connectivity index (χ0) is 13.7. The number of carbonyl (C=O) groups is 1. The van der Waals surface area contributed by atoms with Crippen LogP contribution in [0, 0.1) is 5.92 Å². The van der Waals surface area contributed by atoms with Gasteiger partial charge in [-0.05, 0) is 30.9 Å². The summed E-state index contributed by atoms with van der Waals surface area (Å²) in [5, 5.41) is 4.28. The zero-order valence-corrected chi connectivity index (χ0v) is 11.7. The monoisotopic (exact) mass is 258 g/mol. The Hall–Kier alpha value is -1.77. The molecule has 2 N–H and O–H groups in total. The highest BCUT2D eigenvalue weighted by atomic mass is 16.1. The van der Waals surface area contributed by atoms with Crippen molar-refractivity contribution in [1.82, 2.24) is 10.3 Å². The normalized spacial score (nSPS) is 11.1. The van der Waals surface area contributed by atoms with Gasteiger partial charge in [0.2, 0.25) is 5.91 Å². The van der Waals surface area contributed by atoms with Crippen LogP contribution in [-0.4, -0.2) is 17.4 Å². The number of fused-ring (bicyclic) bond motifs is 1. The molecular formula is C16H22N2O. The van der Waals surface area contributed by atoms with Crippen LogP contribution in [0.4, 0.5) is 0 Å². The number of hydrogen-bond donors (Lipinski definition) is 2. The predicted octanol–water partition coefficient (Wildman–Crippen LogP) is 3.26. The average Bonchev–Trinajstić information content (AvgIpc) is 2.84. The fraction of sp³-hybridized carbons (Fsp3) is 0.438. The van der Waals surface area contributed by atoms with Gasteiger partial charge in [0.15, 0.2) is 0 Å². The minimum atomic E-state index is 0.156. The van der Waals surface area contributed by atoms with Crippen molar-refractivity contribution < 1.29 is 4.79 Å². The Morgan fingerprint density at radius 1 is 1.26 bits per heavy atom. The van der Waals surface area contributed by atoms with E-state index in [0.717, 1.165) is 24.8 Å². The van der Waals surface area contributed by atoms with E-state index in [4.69, 9.17) is 0 Å². The number of nitrogens with one attached hydrogen (secondary N) is 2. The third-order valence-electron chi connectivity index (χ3n) is 3.72. The van der Waals surface area contributed by atoms with Crippen LogP contribution in [0.1, 0.15) is 32.3 Å². The highest BCUT2D eigenvalue weighted by Crippen LogP contribution is 2.17. The van der Waals surface area contributed by atoms with E-state index in [1.54, 1.807) is 0 Å². The minimum absolute atomic E-state index is 0.156. The van der Waals surface area contributed by atoms with Crippen molar-refractivity contribution in [3.05, 3.63) is 36.0 Å². The summed E-state index contributed by atoms with van der Waals surface area (Å²) in [6, 6.07) is 8.26. The SMILES string of the molecule is CCC(CC)C(=O)NCCc1c[nH]c2ccccc12. The summed E-state index contributed by atoms with van der Waals surface area (Å²) in [6.07, 6.45) is 4.73. The van der Waals surface area contributed by atoms with Crippen LogP contribution >= 0.6 is 0 Å². The molecule has 0 aliphatic rings. The highest BCUT2D eigenvalue weighted by Gasteiger charge is 2.13. The first-order valence-corrected chi connectivity index (χ1v) is 7.09. The minimum Gasteiger partial charge on any atom is -0.361 e. The number of hydrogen-bond acceptors (Lipinski definition) is 1. The molecule has 1 aromatic heterocycles.